The van der Waals surface area contributed by atoms with Gasteiger partial charge in [-0.2, -0.15) is 0 Å². The van der Waals surface area contributed by atoms with Gasteiger partial charge in [0.2, 0.25) is 0 Å². The third kappa shape index (κ3) is 4.61. The van der Waals surface area contributed by atoms with Crippen molar-refractivity contribution in [2.24, 2.45) is 5.92 Å². The van der Waals surface area contributed by atoms with Gasteiger partial charge in [0, 0.05) is 28.0 Å². The number of fused-ring (bicyclic) bond motifs is 2. The lowest BCUT2D eigenvalue weighted by Crippen LogP contribution is -2.49. The molecular formula is C32H46Si2. The highest BCUT2D eigenvalue weighted by molar-refractivity contribution is 6.96. The number of benzene rings is 2. The molecule has 2 heteroatoms. The molecule has 0 saturated carbocycles. The van der Waals surface area contributed by atoms with E-state index in [1.54, 1.807) is 11.1 Å². The van der Waals surface area contributed by atoms with Gasteiger partial charge in [-0.1, -0.05) is 87.9 Å². The van der Waals surface area contributed by atoms with Crippen molar-refractivity contribution in [3.8, 4) is 0 Å². The van der Waals surface area contributed by atoms with Gasteiger partial charge in [0.25, 0.3) is 0 Å². The number of rotatable bonds is 7. The minimum atomic E-state index is -1.36. The molecule has 3 atom stereocenters. The molecule has 0 radical (unpaired) electrons. The van der Waals surface area contributed by atoms with Crippen molar-refractivity contribution >= 4 is 28.3 Å². The number of hydrogen-bond donors (Lipinski definition) is 0. The number of hydrogen-bond acceptors (Lipinski definition) is 0. The molecule has 3 unspecified atom stereocenters. The SMILES string of the molecule is Cc1ccc(C)c2c1C=CC2CCC(C1C=Cc2c(C)ccc(C)c21)C([Si](C)(C)C)[Si](C)(C)C. The van der Waals surface area contributed by atoms with Crippen LogP contribution in [0.25, 0.3) is 12.2 Å². The second-order valence-electron chi connectivity index (χ2n) is 13.4. The maximum absolute atomic E-state index is 2.64. The Kier molecular flexibility index (Phi) is 6.81. The zero-order valence-electron chi connectivity index (χ0n) is 23.3. The normalized spacial score (nSPS) is 20.2. The molecule has 0 aliphatic heterocycles. The molecule has 2 aromatic carbocycles. The first-order chi connectivity index (χ1) is 15.8. The average molecular weight is 487 g/mol. The Morgan fingerprint density at radius 2 is 1.12 bits per heavy atom. The quantitative estimate of drug-likeness (QED) is 0.341. The molecule has 2 aliphatic rings. The van der Waals surface area contributed by atoms with Crippen LogP contribution in [0.2, 0.25) is 44.4 Å². The van der Waals surface area contributed by atoms with Gasteiger partial charge in [-0.3, -0.25) is 0 Å². The van der Waals surface area contributed by atoms with Crippen molar-refractivity contribution in [2.75, 3.05) is 0 Å². The summed E-state index contributed by atoms with van der Waals surface area (Å²) in [5.41, 5.74) is 12.1. The lowest BCUT2D eigenvalue weighted by Gasteiger charge is -2.46. The van der Waals surface area contributed by atoms with Gasteiger partial charge in [0.05, 0.1) is 0 Å². The lowest BCUT2D eigenvalue weighted by molar-refractivity contribution is 0.429. The van der Waals surface area contributed by atoms with E-state index in [4.69, 9.17) is 0 Å². The Morgan fingerprint density at radius 1 is 0.647 bits per heavy atom. The molecule has 182 valence electrons. The van der Waals surface area contributed by atoms with Crippen molar-refractivity contribution in [2.45, 2.75) is 96.8 Å². The van der Waals surface area contributed by atoms with E-state index in [1.165, 1.54) is 46.2 Å². The number of allylic oxidation sites excluding steroid dienone is 2. The van der Waals surface area contributed by atoms with E-state index in [0.717, 1.165) is 11.1 Å². The zero-order chi connectivity index (χ0) is 25.0. The van der Waals surface area contributed by atoms with E-state index >= 15 is 0 Å². The van der Waals surface area contributed by atoms with Crippen LogP contribution in [0.3, 0.4) is 0 Å². The van der Waals surface area contributed by atoms with Crippen molar-refractivity contribution in [1.82, 2.24) is 0 Å². The van der Waals surface area contributed by atoms with Gasteiger partial charge in [-0.15, -0.1) is 0 Å². The van der Waals surface area contributed by atoms with Gasteiger partial charge >= 0.3 is 0 Å². The summed E-state index contributed by atoms with van der Waals surface area (Å²) in [6, 6.07) is 9.31. The van der Waals surface area contributed by atoms with Crippen molar-refractivity contribution in [3.63, 3.8) is 0 Å². The molecule has 0 heterocycles. The molecule has 0 nitrogen and oxygen atoms in total. The fraction of sp³-hybridized carbons (Fsp3) is 0.500. The molecule has 0 fully saturated rings. The molecule has 4 rings (SSSR count). The first-order valence-corrected chi connectivity index (χ1v) is 20.5. The average Bonchev–Trinajstić information content (AvgIpc) is 3.35. The molecule has 2 aliphatic carbocycles. The monoisotopic (exact) mass is 486 g/mol. The summed E-state index contributed by atoms with van der Waals surface area (Å²) in [7, 11) is -2.73. The van der Waals surface area contributed by atoms with E-state index in [-0.39, 0.29) is 0 Å². The maximum atomic E-state index is 2.64. The van der Waals surface area contributed by atoms with Crippen LogP contribution >= 0.6 is 0 Å². The van der Waals surface area contributed by atoms with Gasteiger partial charge in [-0.05, 0) is 96.1 Å². The van der Waals surface area contributed by atoms with Gasteiger partial charge in [0.1, 0.15) is 0 Å². The Morgan fingerprint density at radius 3 is 1.68 bits per heavy atom. The zero-order valence-corrected chi connectivity index (χ0v) is 25.3. The predicted molar refractivity (Wildman–Crippen MR) is 159 cm³/mol. The fourth-order valence-electron chi connectivity index (χ4n) is 7.80. The minimum Gasteiger partial charge on any atom is -0.0764 e. The molecule has 0 amide bonds. The van der Waals surface area contributed by atoms with Gasteiger partial charge in [-0.25, -0.2) is 0 Å². The highest BCUT2D eigenvalue weighted by Gasteiger charge is 2.46. The summed E-state index contributed by atoms with van der Waals surface area (Å²) in [4.78, 5) is 0. The Balaban J connectivity index is 1.74. The molecule has 0 saturated heterocycles. The summed E-state index contributed by atoms with van der Waals surface area (Å²) in [6.45, 7) is 25.1. The molecular weight excluding hydrogens is 441 g/mol. The Bertz CT molecular complexity index is 1120. The summed E-state index contributed by atoms with van der Waals surface area (Å²) in [6.07, 6.45) is 12.6. The third-order valence-electron chi connectivity index (χ3n) is 8.68. The topological polar surface area (TPSA) is 0 Å². The summed E-state index contributed by atoms with van der Waals surface area (Å²) < 4.78 is 0. The van der Waals surface area contributed by atoms with Crippen LogP contribution in [0, 0.1) is 33.6 Å². The first-order valence-electron chi connectivity index (χ1n) is 13.4. The van der Waals surface area contributed by atoms with E-state index in [9.17, 15) is 0 Å². The highest BCUT2D eigenvalue weighted by atomic mass is 28.4. The summed E-state index contributed by atoms with van der Waals surface area (Å²) in [5, 5.41) is 0.893. The number of aryl methyl sites for hydroxylation is 4. The smallest absolute Gasteiger partial charge is 0.0450 e. The van der Waals surface area contributed by atoms with Gasteiger partial charge < -0.3 is 0 Å². The molecule has 2 aromatic rings. The maximum Gasteiger partial charge on any atom is 0.0450 e. The Labute approximate surface area is 211 Å². The lowest BCUT2D eigenvalue weighted by atomic mass is 9.80. The Hall–Kier alpha value is -1.65. The molecule has 0 spiro atoms. The van der Waals surface area contributed by atoms with Crippen LogP contribution < -0.4 is 0 Å². The van der Waals surface area contributed by atoms with Crippen LogP contribution in [-0.2, 0) is 0 Å². The standard InChI is InChI=1S/C32H46Si2/c1-21-11-13-23(3)30-25(15-17-26(21)30)16-18-29(32(33(5,6)7)34(8,9)10)28-20-19-27-22(2)12-14-24(4)31(27)28/h11-15,17,19-20,25,28-29,32H,16,18H2,1-10H3. The fourth-order valence-corrected chi connectivity index (χ4v) is 21.5. The molecule has 0 bridgehead atoms. The second kappa shape index (κ2) is 9.10. The highest BCUT2D eigenvalue weighted by Crippen LogP contribution is 2.52. The van der Waals surface area contributed by atoms with Crippen LogP contribution in [0.15, 0.2) is 36.4 Å². The minimum absolute atomic E-state index is 0.571. The van der Waals surface area contributed by atoms with E-state index in [1.807, 2.05) is 0 Å². The van der Waals surface area contributed by atoms with Crippen LogP contribution in [0.1, 0.15) is 69.2 Å². The van der Waals surface area contributed by atoms with Crippen LogP contribution in [0.5, 0.6) is 0 Å². The van der Waals surface area contributed by atoms with Crippen molar-refractivity contribution in [1.29, 1.82) is 0 Å². The molecule has 0 N–H and O–H groups in total. The molecule has 34 heavy (non-hydrogen) atoms. The second-order valence-corrected chi connectivity index (χ2v) is 24.6. The predicted octanol–water partition coefficient (Wildman–Crippen LogP) is 9.82. The van der Waals surface area contributed by atoms with E-state index in [2.05, 4.69) is 116 Å². The first kappa shape index (κ1) is 25.4. The van der Waals surface area contributed by atoms with Crippen LogP contribution in [-0.4, -0.2) is 16.1 Å². The molecule has 0 aromatic heterocycles. The van der Waals surface area contributed by atoms with Crippen LogP contribution in [0.4, 0.5) is 0 Å². The van der Waals surface area contributed by atoms with Gasteiger partial charge in [0.15, 0.2) is 0 Å². The van der Waals surface area contributed by atoms with Crippen molar-refractivity contribution < 1.29 is 0 Å². The summed E-state index contributed by atoms with van der Waals surface area (Å²) >= 11 is 0. The van der Waals surface area contributed by atoms with E-state index in [0.29, 0.717) is 11.8 Å². The third-order valence-corrected chi connectivity index (χ3v) is 18.5. The van der Waals surface area contributed by atoms with Crippen molar-refractivity contribution in [3.05, 3.63) is 80.9 Å². The van der Waals surface area contributed by atoms with E-state index < -0.39 is 16.1 Å². The largest absolute Gasteiger partial charge is 0.0764 e. The summed E-state index contributed by atoms with van der Waals surface area (Å²) in [5.74, 6) is 1.88.